The Bertz CT molecular complexity index is 758. The molecule has 1 saturated heterocycles. The van der Waals surface area contributed by atoms with Crippen LogP contribution in [0.15, 0.2) is 36.5 Å². The Hall–Kier alpha value is -3.16. The molecule has 1 aliphatic rings. The molecule has 0 atom stereocenters. The van der Waals surface area contributed by atoms with E-state index in [2.05, 4.69) is 15.3 Å². The average molecular weight is 355 g/mol. The minimum atomic E-state index is -0.160. The van der Waals surface area contributed by atoms with Crippen LogP contribution in [0.3, 0.4) is 0 Å². The highest BCUT2D eigenvalue weighted by molar-refractivity contribution is 5.92. The monoisotopic (exact) mass is 355 g/mol. The molecule has 0 aliphatic carbocycles. The lowest BCUT2D eigenvalue weighted by Crippen LogP contribution is -2.48. The van der Waals surface area contributed by atoms with Gasteiger partial charge < -0.3 is 19.9 Å². The minimum absolute atomic E-state index is 0.160. The van der Waals surface area contributed by atoms with E-state index in [1.54, 1.807) is 22.1 Å². The first-order chi connectivity index (χ1) is 12.7. The zero-order valence-corrected chi connectivity index (χ0v) is 14.6. The Balaban J connectivity index is 1.66. The fourth-order valence-corrected chi connectivity index (χ4v) is 2.66. The normalized spacial score (nSPS) is 14.0. The maximum atomic E-state index is 12.6. The summed E-state index contributed by atoms with van der Waals surface area (Å²) in [6.07, 6.45) is 2.37. The largest absolute Gasteiger partial charge is 0.494 e. The minimum Gasteiger partial charge on any atom is -0.494 e. The first kappa shape index (κ1) is 17.7. The van der Waals surface area contributed by atoms with Crippen molar-refractivity contribution in [3.8, 4) is 5.75 Å². The lowest BCUT2D eigenvalue weighted by molar-refractivity contribution is -0.119. The number of benzene rings is 1. The summed E-state index contributed by atoms with van der Waals surface area (Å²) < 4.78 is 5.41. The molecule has 0 unspecified atom stereocenters. The second kappa shape index (κ2) is 8.28. The first-order valence-corrected chi connectivity index (χ1v) is 8.51. The van der Waals surface area contributed by atoms with Crippen molar-refractivity contribution < 1.29 is 14.3 Å². The number of nitrogens with zero attached hydrogens (tertiary/aromatic N) is 4. The van der Waals surface area contributed by atoms with Crippen LogP contribution >= 0.6 is 0 Å². The number of aromatic nitrogens is 2. The highest BCUT2D eigenvalue weighted by atomic mass is 16.5. The van der Waals surface area contributed by atoms with Crippen molar-refractivity contribution >= 4 is 24.0 Å². The molecule has 2 aromatic rings. The van der Waals surface area contributed by atoms with Crippen molar-refractivity contribution in [2.45, 2.75) is 6.92 Å². The molecule has 3 rings (SSSR count). The van der Waals surface area contributed by atoms with Gasteiger partial charge in [0, 0.05) is 38.1 Å². The van der Waals surface area contributed by atoms with Gasteiger partial charge in [-0.1, -0.05) is 0 Å². The van der Waals surface area contributed by atoms with Crippen LogP contribution < -0.4 is 10.1 Å². The van der Waals surface area contributed by atoms with Gasteiger partial charge in [0.15, 0.2) is 0 Å². The van der Waals surface area contributed by atoms with E-state index in [1.165, 1.54) is 0 Å². The molecule has 0 spiro atoms. The number of rotatable bonds is 6. The van der Waals surface area contributed by atoms with Crippen molar-refractivity contribution in [3.63, 3.8) is 0 Å². The molecule has 1 N–H and O–H groups in total. The summed E-state index contributed by atoms with van der Waals surface area (Å²) >= 11 is 0. The van der Waals surface area contributed by atoms with Gasteiger partial charge in [0.05, 0.1) is 6.61 Å². The third kappa shape index (κ3) is 4.27. The van der Waals surface area contributed by atoms with Gasteiger partial charge in [0.25, 0.3) is 5.91 Å². The number of ether oxygens (including phenoxy) is 1. The van der Waals surface area contributed by atoms with Gasteiger partial charge in [-0.2, -0.15) is 0 Å². The smallest absolute Gasteiger partial charge is 0.272 e. The first-order valence-electron chi connectivity index (χ1n) is 8.51. The summed E-state index contributed by atoms with van der Waals surface area (Å²) in [6, 6.07) is 9.03. The molecule has 0 bridgehead atoms. The van der Waals surface area contributed by atoms with E-state index >= 15 is 0 Å². The summed E-state index contributed by atoms with van der Waals surface area (Å²) in [5.74, 6) is 0.983. The predicted octanol–water partition coefficient (Wildman–Crippen LogP) is 1.53. The standard InChI is InChI=1S/C18H21N5O3/c1-2-26-15-5-3-14(4-6-15)20-18-19-8-7-16(21-18)17(25)23-11-9-22(13-24)10-12-23/h3-8,13H,2,9-12H2,1H3,(H,19,20,21). The number of carbonyl (C=O) groups is 2. The van der Waals surface area contributed by atoms with E-state index in [9.17, 15) is 9.59 Å². The molecule has 26 heavy (non-hydrogen) atoms. The molecule has 2 heterocycles. The quantitative estimate of drug-likeness (QED) is 0.791. The van der Waals surface area contributed by atoms with Crippen LogP contribution in [0, 0.1) is 0 Å². The SMILES string of the molecule is CCOc1ccc(Nc2nccc(C(=O)N3CCN(C=O)CC3)n2)cc1. The van der Waals surface area contributed by atoms with Crippen LogP contribution in [0.1, 0.15) is 17.4 Å². The number of piperazine rings is 1. The van der Waals surface area contributed by atoms with E-state index in [1.807, 2.05) is 31.2 Å². The third-order valence-corrected chi connectivity index (χ3v) is 4.05. The molecule has 8 heteroatoms. The summed E-state index contributed by atoms with van der Waals surface area (Å²) in [4.78, 5) is 35.2. The van der Waals surface area contributed by atoms with Gasteiger partial charge in [-0.05, 0) is 37.3 Å². The van der Waals surface area contributed by atoms with Gasteiger partial charge in [0.2, 0.25) is 12.4 Å². The number of nitrogens with one attached hydrogen (secondary N) is 1. The second-order valence-electron chi connectivity index (χ2n) is 5.78. The summed E-state index contributed by atoms with van der Waals surface area (Å²) in [7, 11) is 0. The van der Waals surface area contributed by atoms with E-state index in [-0.39, 0.29) is 5.91 Å². The van der Waals surface area contributed by atoms with Gasteiger partial charge >= 0.3 is 0 Å². The van der Waals surface area contributed by atoms with E-state index in [0.717, 1.165) is 17.8 Å². The summed E-state index contributed by atoms with van der Waals surface area (Å²) in [5.41, 5.74) is 1.13. The zero-order chi connectivity index (χ0) is 18.4. The van der Waals surface area contributed by atoms with Crippen LogP contribution in [-0.2, 0) is 4.79 Å². The van der Waals surface area contributed by atoms with Crippen LogP contribution in [0.4, 0.5) is 11.6 Å². The van der Waals surface area contributed by atoms with Crippen LogP contribution in [0.5, 0.6) is 5.75 Å². The van der Waals surface area contributed by atoms with E-state index < -0.39 is 0 Å². The predicted molar refractivity (Wildman–Crippen MR) is 96.5 cm³/mol. The Morgan fingerprint density at radius 2 is 1.92 bits per heavy atom. The van der Waals surface area contributed by atoms with Crippen LogP contribution in [-0.4, -0.2) is 64.9 Å². The van der Waals surface area contributed by atoms with Gasteiger partial charge in [-0.25, -0.2) is 9.97 Å². The number of carbonyl (C=O) groups excluding carboxylic acids is 2. The third-order valence-electron chi connectivity index (χ3n) is 4.05. The molecule has 1 aromatic carbocycles. The van der Waals surface area contributed by atoms with Crippen molar-refractivity contribution in [3.05, 3.63) is 42.2 Å². The van der Waals surface area contributed by atoms with E-state index in [0.29, 0.717) is 44.4 Å². The van der Waals surface area contributed by atoms with Crippen LogP contribution in [0.25, 0.3) is 0 Å². The molecule has 8 nitrogen and oxygen atoms in total. The highest BCUT2D eigenvalue weighted by Crippen LogP contribution is 2.18. The highest BCUT2D eigenvalue weighted by Gasteiger charge is 2.22. The topological polar surface area (TPSA) is 87.7 Å². The summed E-state index contributed by atoms with van der Waals surface area (Å²) in [6.45, 7) is 4.63. The fourth-order valence-electron chi connectivity index (χ4n) is 2.66. The van der Waals surface area contributed by atoms with Crippen molar-refractivity contribution in [1.82, 2.24) is 19.8 Å². The lowest BCUT2D eigenvalue weighted by atomic mass is 10.3. The van der Waals surface area contributed by atoms with E-state index in [4.69, 9.17) is 4.74 Å². The molecule has 1 aliphatic heterocycles. The molecule has 2 amide bonds. The van der Waals surface area contributed by atoms with Crippen molar-refractivity contribution in [2.24, 2.45) is 0 Å². The number of hydrogen-bond donors (Lipinski definition) is 1. The molecule has 1 fully saturated rings. The van der Waals surface area contributed by atoms with Gasteiger partial charge in [0.1, 0.15) is 11.4 Å². The molecule has 136 valence electrons. The maximum Gasteiger partial charge on any atom is 0.272 e. The molecular weight excluding hydrogens is 334 g/mol. The Kier molecular flexibility index (Phi) is 5.62. The van der Waals surface area contributed by atoms with Crippen LogP contribution in [0.2, 0.25) is 0 Å². The van der Waals surface area contributed by atoms with Gasteiger partial charge in [-0.3, -0.25) is 9.59 Å². The Morgan fingerprint density at radius 3 is 2.58 bits per heavy atom. The zero-order valence-electron chi connectivity index (χ0n) is 14.6. The number of anilines is 2. The van der Waals surface area contributed by atoms with Crippen molar-refractivity contribution in [1.29, 1.82) is 0 Å². The summed E-state index contributed by atoms with van der Waals surface area (Å²) in [5, 5.41) is 3.08. The molecule has 0 radical (unpaired) electrons. The average Bonchev–Trinajstić information content (AvgIpc) is 2.69. The Labute approximate surface area is 151 Å². The maximum absolute atomic E-state index is 12.6. The fraction of sp³-hybridized carbons (Fsp3) is 0.333. The van der Waals surface area contributed by atoms with Gasteiger partial charge in [-0.15, -0.1) is 0 Å². The number of hydrogen-bond acceptors (Lipinski definition) is 6. The van der Waals surface area contributed by atoms with Crippen molar-refractivity contribution in [2.75, 3.05) is 38.1 Å². The number of amides is 2. The Morgan fingerprint density at radius 1 is 1.19 bits per heavy atom. The lowest BCUT2D eigenvalue weighted by Gasteiger charge is -2.32. The molecule has 0 saturated carbocycles. The molecular formula is C18H21N5O3. The molecule has 1 aromatic heterocycles. The second-order valence-corrected chi connectivity index (χ2v) is 5.78.